The van der Waals surface area contributed by atoms with Gasteiger partial charge in [0.05, 0.1) is 41.6 Å². The Labute approximate surface area is 278 Å². The molecular weight excluding hydrogens is 639 g/mol. The SMILES string of the molecule is Cc1ccc(S(=O)(=O)n2cc(-c3c(-c4ccccc4)nc(CN4CCOCC4)n3Cc3ccc(Cl)cc3)c3ccc(Cl)cc32)cc1. The van der Waals surface area contributed by atoms with Crippen LogP contribution in [-0.2, 0) is 27.8 Å². The van der Waals surface area contributed by atoms with Crippen LogP contribution in [-0.4, -0.2) is 53.1 Å². The minimum Gasteiger partial charge on any atom is -0.379 e. The van der Waals surface area contributed by atoms with Crippen LogP contribution in [0.2, 0.25) is 10.0 Å². The molecule has 46 heavy (non-hydrogen) atoms. The Morgan fingerprint density at radius 2 is 1.52 bits per heavy atom. The van der Waals surface area contributed by atoms with Crippen LogP contribution in [0.15, 0.2) is 108 Å². The third kappa shape index (κ3) is 5.99. The number of fused-ring (bicyclic) bond motifs is 1. The quantitative estimate of drug-likeness (QED) is 0.165. The Morgan fingerprint density at radius 1 is 0.826 bits per heavy atom. The maximum atomic E-state index is 14.2. The van der Waals surface area contributed by atoms with Crippen molar-refractivity contribution in [2.45, 2.75) is 24.9 Å². The Kier molecular flexibility index (Phi) is 8.48. The van der Waals surface area contributed by atoms with E-state index in [9.17, 15) is 8.42 Å². The van der Waals surface area contributed by atoms with Crippen LogP contribution >= 0.6 is 23.2 Å². The molecule has 4 aromatic carbocycles. The molecule has 0 saturated carbocycles. The summed E-state index contributed by atoms with van der Waals surface area (Å²) in [4.78, 5) is 7.84. The third-order valence-corrected chi connectivity index (χ3v) is 10.6. The molecule has 7 rings (SSSR count). The van der Waals surface area contributed by atoms with Crippen molar-refractivity contribution in [2.75, 3.05) is 26.3 Å². The minimum atomic E-state index is -3.96. The molecule has 1 saturated heterocycles. The van der Waals surface area contributed by atoms with Gasteiger partial charge in [0.1, 0.15) is 5.82 Å². The Bertz CT molecular complexity index is 2120. The average Bonchev–Trinajstić information content (AvgIpc) is 3.61. The third-order valence-electron chi connectivity index (χ3n) is 8.38. The topological polar surface area (TPSA) is 69.4 Å². The fourth-order valence-electron chi connectivity index (χ4n) is 5.97. The highest BCUT2D eigenvalue weighted by molar-refractivity contribution is 7.90. The van der Waals surface area contributed by atoms with Crippen molar-refractivity contribution < 1.29 is 13.2 Å². The van der Waals surface area contributed by atoms with Crippen molar-refractivity contribution in [1.82, 2.24) is 18.4 Å². The van der Waals surface area contributed by atoms with Gasteiger partial charge in [0.2, 0.25) is 0 Å². The van der Waals surface area contributed by atoms with E-state index in [4.69, 9.17) is 32.9 Å². The number of nitrogens with zero attached hydrogens (tertiary/aromatic N) is 4. The lowest BCUT2D eigenvalue weighted by Crippen LogP contribution is -2.36. The smallest absolute Gasteiger partial charge is 0.268 e. The van der Waals surface area contributed by atoms with Crippen molar-refractivity contribution in [3.05, 3.63) is 130 Å². The molecule has 0 atom stereocenters. The molecule has 7 nitrogen and oxygen atoms in total. The van der Waals surface area contributed by atoms with Crippen LogP contribution in [0.3, 0.4) is 0 Å². The predicted octanol–water partition coefficient (Wildman–Crippen LogP) is 7.90. The van der Waals surface area contributed by atoms with E-state index in [2.05, 4.69) is 9.47 Å². The highest BCUT2D eigenvalue weighted by Crippen LogP contribution is 2.40. The Morgan fingerprint density at radius 3 is 2.24 bits per heavy atom. The molecule has 1 fully saturated rings. The summed E-state index contributed by atoms with van der Waals surface area (Å²) in [5, 5.41) is 1.87. The molecule has 0 radical (unpaired) electrons. The van der Waals surface area contributed by atoms with E-state index in [0.29, 0.717) is 41.9 Å². The van der Waals surface area contributed by atoms with Gasteiger partial charge in [0.15, 0.2) is 0 Å². The fourth-order valence-corrected chi connectivity index (χ4v) is 7.63. The minimum absolute atomic E-state index is 0.201. The van der Waals surface area contributed by atoms with Gasteiger partial charge >= 0.3 is 0 Å². The number of rotatable bonds is 8. The van der Waals surface area contributed by atoms with Crippen LogP contribution < -0.4 is 0 Å². The fraction of sp³-hybridized carbons (Fsp3) is 0.194. The molecule has 1 aliphatic heterocycles. The van der Waals surface area contributed by atoms with E-state index < -0.39 is 10.0 Å². The van der Waals surface area contributed by atoms with E-state index in [-0.39, 0.29) is 4.90 Å². The van der Waals surface area contributed by atoms with Gasteiger partial charge in [-0.3, -0.25) is 4.90 Å². The molecule has 3 heterocycles. The van der Waals surface area contributed by atoms with Gasteiger partial charge in [-0.25, -0.2) is 17.4 Å². The summed E-state index contributed by atoms with van der Waals surface area (Å²) in [6.45, 7) is 6.00. The van der Waals surface area contributed by atoms with Gasteiger partial charge in [-0.1, -0.05) is 89.4 Å². The molecule has 0 unspecified atom stereocenters. The van der Waals surface area contributed by atoms with Crippen LogP contribution in [0.1, 0.15) is 17.0 Å². The summed E-state index contributed by atoms with van der Waals surface area (Å²) in [7, 11) is -3.96. The average molecular weight is 672 g/mol. The zero-order valence-electron chi connectivity index (χ0n) is 25.2. The van der Waals surface area contributed by atoms with Crippen molar-refractivity contribution in [1.29, 1.82) is 0 Å². The van der Waals surface area contributed by atoms with Gasteiger partial charge < -0.3 is 9.30 Å². The largest absolute Gasteiger partial charge is 0.379 e. The number of aromatic nitrogens is 3. The lowest BCUT2D eigenvalue weighted by Gasteiger charge is -2.26. The highest BCUT2D eigenvalue weighted by Gasteiger charge is 2.28. The van der Waals surface area contributed by atoms with E-state index in [1.165, 1.54) is 3.97 Å². The first-order valence-electron chi connectivity index (χ1n) is 15.1. The van der Waals surface area contributed by atoms with E-state index in [1.54, 1.807) is 42.6 Å². The van der Waals surface area contributed by atoms with Crippen LogP contribution in [0, 0.1) is 6.92 Å². The molecule has 0 aliphatic carbocycles. The summed E-state index contributed by atoms with van der Waals surface area (Å²) >= 11 is 12.8. The predicted molar refractivity (Wildman–Crippen MR) is 184 cm³/mol. The van der Waals surface area contributed by atoms with Gasteiger partial charge in [0, 0.05) is 52.4 Å². The lowest BCUT2D eigenvalue weighted by atomic mass is 10.0. The number of ether oxygens (including phenoxy) is 1. The lowest BCUT2D eigenvalue weighted by molar-refractivity contribution is 0.0326. The molecule has 0 bridgehead atoms. The number of benzene rings is 4. The Balaban J connectivity index is 1.50. The number of hydrogen-bond donors (Lipinski definition) is 0. The molecule has 0 N–H and O–H groups in total. The Hall–Kier alpha value is -3.92. The number of halogens is 2. The van der Waals surface area contributed by atoms with Gasteiger partial charge in [-0.15, -0.1) is 0 Å². The second-order valence-electron chi connectivity index (χ2n) is 11.5. The van der Waals surface area contributed by atoms with Crippen LogP contribution in [0.5, 0.6) is 0 Å². The summed E-state index contributed by atoms with van der Waals surface area (Å²) in [6.07, 6.45) is 1.72. The molecule has 1 aliphatic rings. The summed E-state index contributed by atoms with van der Waals surface area (Å²) in [6, 6.07) is 30.1. The zero-order valence-corrected chi connectivity index (χ0v) is 27.6. The maximum absolute atomic E-state index is 14.2. The first-order valence-corrected chi connectivity index (χ1v) is 17.3. The van der Waals surface area contributed by atoms with Crippen molar-refractivity contribution in [3.63, 3.8) is 0 Å². The standard InChI is InChI=1S/C36H32Cl2N4O3S/c1-25-7-14-30(15-8-25)46(43,44)42-23-32(31-16-13-29(38)21-33(31)42)36-35(27-5-3-2-4-6-27)39-34(24-40-17-19-45-20-18-40)41(36)22-26-9-11-28(37)12-10-26/h2-16,21,23H,17-20,22,24H2,1H3. The van der Waals surface area contributed by atoms with Crippen LogP contribution in [0.4, 0.5) is 0 Å². The van der Waals surface area contributed by atoms with Crippen molar-refractivity contribution in [3.8, 4) is 22.5 Å². The normalized spacial score (nSPS) is 14.2. The number of imidazole rings is 1. The van der Waals surface area contributed by atoms with Gasteiger partial charge in [-0.05, 0) is 48.9 Å². The molecule has 6 aromatic rings. The number of hydrogen-bond acceptors (Lipinski definition) is 5. The molecule has 0 amide bonds. The molecule has 0 spiro atoms. The van der Waals surface area contributed by atoms with E-state index >= 15 is 0 Å². The molecular formula is C36H32Cl2N4O3S. The summed E-state index contributed by atoms with van der Waals surface area (Å²) in [5.41, 5.74) is 5.81. The first-order chi connectivity index (χ1) is 22.3. The molecule has 10 heteroatoms. The maximum Gasteiger partial charge on any atom is 0.268 e. The highest BCUT2D eigenvalue weighted by atomic mass is 35.5. The number of morpholine rings is 1. The second kappa shape index (κ2) is 12.7. The zero-order chi connectivity index (χ0) is 31.8. The van der Waals surface area contributed by atoms with Crippen molar-refractivity contribution in [2.24, 2.45) is 0 Å². The molecule has 2 aromatic heterocycles. The van der Waals surface area contributed by atoms with E-state index in [1.807, 2.05) is 67.6 Å². The first kappa shape index (κ1) is 30.7. The van der Waals surface area contributed by atoms with E-state index in [0.717, 1.165) is 57.9 Å². The summed E-state index contributed by atoms with van der Waals surface area (Å²) in [5.74, 6) is 0.877. The monoisotopic (exact) mass is 670 g/mol. The van der Waals surface area contributed by atoms with Gasteiger partial charge in [0.25, 0.3) is 10.0 Å². The second-order valence-corrected chi connectivity index (χ2v) is 14.2. The number of aryl methyl sites for hydroxylation is 1. The van der Waals surface area contributed by atoms with Crippen molar-refractivity contribution >= 4 is 44.1 Å². The summed E-state index contributed by atoms with van der Waals surface area (Å²) < 4.78 is 37.6. The van der Waals surface area contributed by atoms with Gasteiger partial charge in [-0.2, -0.15) is 0 Å². The molecule has 234 valence electrons. The van der Waals surface area contributed by atoms with Crippen LogP contribution in [0.25, 0.3) is 33.4 Å².